The van der Waals surface area contributed by atoms with Gasteiger partial charge >= 0.3 is 0 Å². The molecule has 0 unspecified atom stereocenters. The van der Waals surface area contributed by atoms with Crippen LogP contribution in [-0.4, -0.2) is 17.9 Å². The molecule has 24 heavy (non-hydrogen) atoms. The van der Waals surface area contributed by atoms with Crippen molar-refractivity contribution in [2.24, 2.45) is 5.92 Å². The molecular formula is C19H21BrN2O2. The van der Waals surface area contributed by atoms with Crippen LogP contribution >= 0.6 is 15.9 Å². The Morgan fingerprint density at radius 1 is 1.00 bits per heavy atom. The molecule has 0 spiro atoms. The van der Waals surface area contributed by atoms with Crippen LogP contribution in [0.2, 0.25) is 0 Å². The van der Waals surface area contributed by atoms with E-state index < -0.39 is 6.04 Å². The normalized spacial score (nSPS) is 11.9. The van der Waals surface area contributed by atoms with Gasteiger partial charge in [-0.25, -0.2) is 0 Å². The summed E-state index contributed by atoms with van der Waals surface area (Å²) in [5.74, 6) is -0.500. The summed E-state index contributed by atoms with van der Waals surface area (Å²) >= 11 is 3.36. The van der Waals surface area contributed by atoms with E-state index >= 15 is 0 Å². The second-order valence-electron chi connectivity index (χ2n) is 6.01. The molecule has 126 valence electrons. The number of rotatable bonds is 5. The molecule has 4 nitrogen and oxygen atoms in total. The van der Waals surface area contributed by atoms with Gasteiger partial charge in [0.2, 0.25) is 5.91 Å². The average molecular weight is 389 g/mol. The zero-order valence-corrected chi connectivity index (χ0v) is 15.6. The van der Waals surface area contributed by atoms with Crippen LogP contribution in [0, 0.1) is 12.8 Å². The van der Waals surface area contributed by atoms with Crippen molar-refractivity contribution < 1.29 is 9.59 Å². The predicted molar refractivity (Wildman–Crippen MR) is 100 cm³/mol. The van der Waals surface area contributed by atoms with Gasteiger partial charge in [-0.05, 0) is 48.7 Å². The van der Waals surface area contributed by atoms with Crippen molar-refractivity contribution in [3.05, 3.63) is 64.1 Å². The number of aryl methyl sites for hydroxylation is 1. The molecule has 0 bridgehead atoms. The fourth-order valence-electron chi connectivity index (χ4n) is 2.33. The Labute approximate surface area is 150 Å². The van der Waals surface area contributed by atoms with E-state index in [0.717, 1.165) is 10.0 Å². The summed E-state index contributed by atoms with van der Waals surface area (Å²) in [6, 6.07) is 14.0. The van der Waals surface area contributed by atoms with E-state index in [4.69, 9.17) is 0 Å². The monoisotopic (exact) mass is 388 g/mol. The lowest BCUT2D eigenvalue weighted by atomic mass is 10.0. The number of hydrogen-bond acceptors (Lipinski definition) is 2. The van der Waals surface area contributed by atoms with Crippen LogP contribution in [0.25, 0.3) is 0 Å². The van der Waals surface area contributed by atoms with Crippen molar-refractivity contribution in [1.29, 1.82) is 0 Å². The van der Waals surface area contributed by atoms with E-state index in [1.807, 2.05) is 63.2 Å². The van der Waals surface area contributed by atoms with E-state index in [1.54, 1.807) is 6.07 Å². The molecule has 5 heteroatoms. The van der Waals surface area contributed by atoms with Gasteiger partial charge in [-0.2, -0.15) is 0 Å². The Kier molecular flexibility index (Phi) is 6.15. The van der Waals surface area contributed by atoms with Crippen molar-refractivity contribution in [3.63, 3.8) is 0 Å². The highest BCUT2D eigenvalue weighted by Crippen LogP contribution is 2.16. The minimum atomic E-state index is -0.610. The van der Waals surface area contributed by atoms with Crippen molar-refractivity contribution in [2.75, 3.05) is 5.32 Å². The first kappa shape index (κ1) is 18.2. The molecule has 0 aromatic heterocycles. The molecule has 2 amide bonds. The zero-order chi connectivity index (χ0) is 17.7. The quantitative estimate of drug-likeness (QED) is 0.807. The molecule has 0 heterocycles. The van der Waals surface area contributed by atoms with Gasteiger partial charge in [-0.15, -0.1) is 0 Å². The maximum atomic E-state index is 12.6. The molecular weight excluding hydrogens is 368 g/mol. The first-order valence-electron chi connectivity index (χ1n) is 7.81. The summed E-state index contributed by atoms with van der Waals surface area (Å²) < 4.78 is 0.939. The molecule has 2 N–H and O–H groups in total. The zero-order valence-electron chi connectivity index (χ0n) is 14.0. The summed E-state index contributed by atoms with van der Waals surface area (Å²) in [5.41, 5.74) is 2.16. The maximum Gasteiger partial charge on any atom is 0.252 e. The molecule has 0 saturated carbocycles. The first-order chi connectivity index (χ1) is 11.4. The first-order valence-corrected chi connectivity index (χ1v) is 8.60. The van der Waals surface area contributed by atoms with E-state index in [0.29, 0.717) is 11.3 Å². The molecule has 1 atom stereocenters. The average Bonchev–Trinajstić information content (AvgIpc) is 2.54. The fraction of sp³-hybridized carbons (Fsp3) is 0.263. The third-order valence-electron chi connectivity index (χ3n) is 3.74. The minimum Gasteiger partial charge on any atom is -0.340 e. The van der Waals surface area contributed by atoms with Gasteiger partial charge in [0.25, 0.3) is 5.91 Å². The number of halogens is 1. The smallest absolute Gasteiger partial charge is 0.252 e. The predicted octanol–water partition coefficient (Wildman–Crippen LogP) is 4.15. The van der Waals surface area contributed by atoms with E-state index in [2.05, 4.69) is 26.6 Å². The van der Waals surface area contributed by atoms with Gasteiger partial charge in [-0.1, -0.05) is 48.0 Å². The van der Waals surface area contributed by atoms with Gasteiger partial charge in [0.15, 0.2) is 0 Å². The molecule has 2 aromatic rings. The summed E-state index contributed by atoms with van der Waals surface area (Å²) in [4.78, 5) is 25.0. The lowest BCUT2D eigenvalue weighted by molar-refractivity contribution is -0.118. The van der Waals surface area contributed by atoms with Crippen molar-refractivity contribution >= 4 is 33.4 Å². The molecule has 0 saturated heterocycles. The number of carbonyl (C=O) groups is 2. The number of benzene rings is 2. The molecule has 0 radical (unpaired) electrons. The van der Waals surface area contributed by atoms with Gasteiger partial charge in [0.1, 0.15) is 6.04 Å². The minimum absolute atomic E-state index is 0.0339. The highest BCUT2D eigenvalue weighted by atomic mass is 79.9. The van der Waals surface area contributed by atoms with Crippen molar-refractivity contribution in [3.8, 4) is 0 Å². The van der Waals surface area contributed by atoms with E-state index in [-0.39, 0.29) is 17.7 Å². The number of nitrogens with one attached hydrogen (secondary N) is 2. The third kappa shape index (κ3) is 4.68. The van der Waals surface area contributed by atoms with Gasteiger partial charge < -0.3 is 10.6 Å². The number of hydrogen-bond donors (Lipinski definition) is 2. The largest absolute Gasteiger partial charge is 0.340 e. The van der Waals surface area contributed by atoms with Crippen LogP contribution in [0.4, 0.5) is 5.69 Å². The number of anilines is 1. The van der Waals surface area contributed by atoms with Crippen LogP contribution in [0.5, 0.6) is 0 Å². The SMILES string of the molecule is Cc1ccccc1C(=O)N[C@H](C(=O)Nc1ccc(Br)cc1)C(C)C. The Morgan fingerprint density at radius 2 is 1.62 bits per heavy atom. The van der Waals surface area contributed by atoms with Crippen LogP contribution in [0.15, 0.2) is 53.0 Å². The highest BCUT2D eigenvalue weighted by Gasteiger charge is 2.25. The summed E-state index contributed by atoms with van der Waals surface area (Å²) in [6.07, 6.45) is 0. The van der Waals surface area contributed by atoms with Crippen LogP contribution in [0.3, 0.4) is 0 Å². The third-order valence-corrected chi connectivity index (χ3v) is 4.27. The second kappa shape index (κ2) is 8.11. The maximum absolute atomic E-state index is 12.6. The Hall–Kier alpha value is -2.14. The molecule has 2 aromatic carbocycles. The van der Waals surface area contributed by atoms with E-state index in [9.17, 15) is 9.59 Å². The fourth-order valence-corrected chi connectivity index (χ4v) is 2.60. The van der Waals surface area contributed by atoms with Crippen molar-refractivity contribution in [2.45, 2.75) is 26.8 Å². The van der Waals surface area contributed by atoms with Crippen LogP contribution < -0.4 is 10.6 Å². The van der Waals surface area contributed by atoms with Crippen molar-refractivity contribution in [1.82, 2.24) is 5.32 Å². The van der Waals surface area contributed by atoms with Gasteiger partial charge in [0.05, 0.1) is 0 Å². The molecule has 2 rings (SSSR count). The standard InChI is InChI=1S/C19H21BrN2O2/c1-12(2)17(19(24)21-15-10-8-14(20)9-11-15)22-18(23)16-7-5-4-6-13(16)3/h4-12,17H,1-3H3,(H,21,24)(H,22,23)/t17-/m0/s1. The molecule has 0 aliphatic rings. The molecule has 0 aliphatic carbocycles. The van der Waals surface area contributed by atoms with Gasteiger partial charge in [-0.3, -0.25) is 9.59 Å². The molecule has 0 aliphatic heterocycles. The second-order valence-corrected chi connectivity index (χ2v) is 6.92. The Bertz CT molecular complexity index is 726. The van der Waals surface area contributed by atoms with E-state index in [1.165, 1.54) is 0 Å². The van der Waals surface area contributed by atoms with Gasteiger partial charge in [0, 0.05) is 15.7 Å². The topological polar surface area (TPSA) is 58.2 Å². The highest BCUT2D eigenvalue weighted by molar-refractivity contribution is 9.10. The lowest BCUT2D eigenvalue weighted by Crippen LogP contribution is -2.47. The molecule has 0 fully saturated rings. The Balaban J connectivity index is 2.11. The summed E-state index contributed by atoms with van der Waals surface area (Å²) in [5, 5.41) is 5.69. The lowest BCUT2D eigenvalue weighted by Gasteiger charge is -2.22. The summed E-state index contributed by atoms with van der Waals surface area (Å²) in [6.45, 7) is 5.69. The van der Waals surface area contributed by atoms with Crippen LogP contribution in [0.1, 0.15) is 29.8 Å². The Morgan fingerprint density at radius 3 is 2.21 bits per heavy atom. The summed E-state index contributed by atoms with van der Waals surface area (Å²) in [7, 11) is 0. The number of amides is 2. The number of carbonyl (C=O) groups excluding carboxylic acids is 2. The van der Waals surface area contributed by atoms with Crippen LogP contribution in [-0.2, 0) is 4.79 Å².